The number of allylic oxidation sites excluding steroid dienone is 1. The lowest BCUT2D eigenvalue weighted by Gasteiger charge is -2.19. The maximum absolute atomic E-state index is 9.81. The second-order valence-electron chi connectivity index (χ2n) is 8.34. The van der Waals surface area contributed by atoms with E-state index in [1.165, 1.54) is 19.3 Å². The molecule has 0 fully saturated rings. The Morgan fingerprint density at radius 3 is 2.24 bits per heavy atom. The van der Waals surface area contributed by atoms with E-state index in [1.54, 1.807) is 6.08 Å². The lowest BCUT2D eigenvalue weighted by molar-refractivity contribution is 0.162. The second kappa shape index (κ2) is 20.3. The summed E-state index contributed by atoms with van der Waals surface area (Å²) in [6.07, 6.45) is 14.5. The maximum Gasteiger partial charge on any atom is 0.0616 e. The summed E-state index contributed by atoms with van der Waals surface area (Å²) in [6.45, 7) is 20.0. The van der Waals surface area contributed by atoms with Crippen molar-refractivity contribution in [3.63, 3.8) is 0 Å². The highest BCUT2D eigenvalue weighted by molar-refractivity contribution is 5.24. The Labute approximate surface area is 181 Å². The summed E-state index contributed by atoms with van der Waals surface area (Å²) < 4.78 is 0. The van der Waals surface area contributed by atoms with Crippen LogP contribution in [0.25, 0.3) is 0 Å². The zero-order valence-electron chi connectivity index (χ0n) is 19.4. The van der Waals surface area contributed by atoms with Crippen molar-refractivity contribution in [1.29, 1.82) is 0 Å². The Kier molecular flexibility index (Phi) is 19.6. The quantitative estimate of drug-likeness (QED) is 0.132. The van der Waals surface area contributed by atoms with Crippen molar-refractivity contribution in [2.45, 2.75) is 90.2 Å². The number of hydrogen-bond donors (Lipinski definition) is 3. The number of nitrogens with zero attached hydrogens (tertiary/aromatic N) is 1. The fourth-order valence-corrected chi connectivity index (χ4v) is 3.71. The molecule has 0 amide bonds. The van der Waals surface area contributed by atoms with Gasteiger partial charge in [-0.2, -0.15) is 0 Å². The average Bonchev–Trinajstić information content (AvgIpc) is 2.72. The summed E-state index contributed by atoms with van der Waals surface area (Å²) in [7, 11) is 0. The van der Waals surface area contributed by atoms with Gasteiger partial charge < -0.3 is 15.7 Å². The van der Waals surface area contributed by atoms with E-state index in [0.717, 1.165) is 70.6 Å². The topological polar surface area (TPSA) is 56.6 Å². The number of aliphatic hydroxyl groups is 1. The lowest BCUT2D eigenvalue weighted by Crippen LogP contribution is -2.30. The first-order chi connectivity index (χ1) is 14.1. The summed E-state index contributed by atoms with van der Waals surface area (Å²) >= 11 is 0. The van der Waals surface area contributed by atoms with E-state index >= 15 is 0 Å². The summed E-state index contributed by atoms with van der Waals surface area (Å²) in [5.41, 5.74) is 0. The van der Waals surface area contributed by atoms with Gasteiger partial charge in [0.1, 0.15) is 0 Å². The molecule has 0 aliphatic heterocycles. The Morgan fingerprint density at radius 1 is 0.931 bits per heavy atom. The van der Waals surface area contributed by atoms with Crippen LogP contribution in [-0.2, 0) is 0 Å². The molecule has 0 aromatic rings. The van der Waals surface area contributed by atoms with Crippen LogP contribution in [0.1, 0.15) is 78.1 Å². The number of nitrogens with one attached hydrogen (secondary N) is 2. The number of hydrogen-bond acceptors (Lipinski definition) is 4. The lowest BCUT2D eigenvalue weighted by atomic mass is 9.90. The smallest absolute Gasteiger partial charge is 0.0616 e. The minimum atomic E-state index is -0.231. The zero-order valence-corrected chi connectivity index (χ0v) is 19.4. The van der Waals surface area contributed by atoms with Gasteiger partial charge >= 0.3 is 0 Å². The maximum atomic E-state index is 9.81. The number of aliphatic hydroxyl groups excluding tert-OH is 1. The van der Waals surface area contributed by atoms with Gasteiger partial charge in [0.25, 0.3) is 0 Å². The number of aliphatic imine (C=N–C) groups is 1. The van der Waals surface area contributed by atoms with Crippen LogP contribution in [-0.4, -0.2) is 50.1 Å². The Morgan fingerprint density at radius 2 is 1.66 bits per heavy atom. The molecule has 0 spiro atoms. The van der Waals surface area contributed by atoms with Crippen molar-refractivity contribution in [2.24, 2.45) is 16.8 Å². The predicted octanol–water partition coefficient (Wildman–Crippen LogP) is 5.14. The second-order valence-corrected chi connectivity index (χ2v) is 8.34. The van der Waals surface area contributed by atoms with Crippen LogP contribution < -0.4 is 10.6 Å². The molecule has 0 aliphatic rings. The average molecular weight is 408 g/mol. The molecule has 0 bridgehead atoms. The first-order valence-corrected chi connectivity index (χ1v) is 11.9. The third-order valence-corrected chi connectivity index (χ3v) is 5.81. The van der Waals surface area contributed by atoms with Gasteiger partial charge in [0.2, 0.25) is 0 Å². The molecule has 29 heavy (non-hydrogen) atoms. The fourth-order valence-electron chi connectivity index (χ4n) is 3.71. The van der Waals surface area contributed by atoms with Crippen molar-refractivity contribution in [1.82, 2.24) is 10.6 Å². The van der Waals surface area contributed by atoms with Crippen LogP contribution in [0, 0.1) is 11.8 Å². The van der Waals surface area contributed by atoms with Crippen LogP contribution in [0.5, 0.6) is 0 Å². The van der Waals surface area contributed by atoms with E-state index in [-0.39, 0.29) is 6.10 Å². The van der Waals surface area contributed by atoms with Crippen LogP contribution in [0.3, 0.4) is 0 Å². The molecule has 4 atom stereocenters. The third kappa shape index (κ3) is 16.5. The van der Waals surface area contributed by atoms with E-state index < -0.39 is 0 Å². The minimum absolute atomic E-state index is 0.231. The molecule has 3 N–H and O–H groups in total. The summed E-state index contributed by atoms with van der Waals surface area (Å²) in [5, 5.41) is 16.9. The largest absolute Gasteiger partial charge is 0.393 e. The standard InChI is InChI=1S/C25H49N3O/c1-6-12-24(26-5)21-28-19-11-18-27-20-23(9-4)17-16-22(8-3)14-10-15-25(29)13-7-2/h7-8,22-25,27-29H,2-3,5-6,9-21H2,1,4H3. The van der Waals surface area contributed by atoms with Crippen molar-refractivity contribution in [3.8, 4) is 0 Å². The Bertz CT molecular complexity index is 400. The van der Waals surface area contributed by atoms with Gasteiger partial charge in [0.15, 0.2) is 0 Å². The summed E-state index contributed by atoms with van der Waals surface area (Å²) in [4.78, 5) is 4.17. The molecule has 4 unspecified atom stereocenters. The van der Waals surface area contributed by atoms with Gasteiger partial charge in [-0.1, -0.05) is 45.3 Å². The molecule has 0 radical (unpaired) electrons. The van der Waals surface area contributed by atoms with Crippen LogP contribution in [0.2, 0.25) is 0 Å². The van der Waals surface area contributed by atoms with Crippen LogP contribution in [0.15, 0.2) is 30.3 Å². The first kappa shape index (κ1) is 28.0. The fraction of sp³-hybridized carbons (Fsp3) is 0.800. The van der Waals surface area contributed by atoms with Gasteiger partial charge in [-0.15, -0.1) is 13.2 Å². The molecule has 0 heterocycles. The van der Waals surface area contributed by atoms with E-state index in [1.807, 2.05) is 0 Å². The van der Waals surface area contributed by atoms with Crippen molar-refractivity contribution >= 4 is 6.72 Å². The molecular formula is C25H49N3O. The molecule has 0 saturated carbocycles. The molecule has 4 heteroatoms. The van der Waals surface area contributed by atoms with Gasteiger partial charge in [-0.05, 0) is 83.1 Å². The minimum Gasteiger partial charge on any atom is -0.393 e. The van der Waals surface area contributed by atoms with Crippen LogP contribution >= 0.6 is 0 Å². The third-order valence-electron chi connectivity index (χ3n) is 5.81. The van der Waals surface area contributed by atoms with E-state index in [9.17, 15) is 5.11 Å². The van der Waals surface area contributed by atoms with Gasteiger partial charge in [0, 0.05) is 6.54 Å². The normalized spacial score (nSPS) is 15.4. The van der Waals surface area contributed by atoms with Gasteiger partial charge in [-0.3, -0.25) is 4.99 Å². The zero-order chi connectivity index (χ0) is 21.7. The highest BCUT2D eigenvalue weighted by Crippen LogP contribution is 2.21. The monoisotopic (exact) mass is 407 g/mol. The summed E-state index contributed by atoms with van der Waals surface area (Å²) in [5.74, 6) is 1.30. The van der Waals surface area contributed by atoms with Crippen LogP contribution in [0.4, 0.5) is 0 Å². The Balaban J connectivity index is 3.82. The van der Waals surface area contributed by atoms with E-state index in [0.29, 0.717) is 18.4 Å². The van der Waals surface area contributed by atoms with Crippen molar-refractivity contribution in [2.75, 3.05) is 26.2 Å². The van der Waals surface area contributed by atoms with Crippen molar-refractivity contribution in [3.05, 3.63) is 25.3 Å². The molecule has 0 rings (SSSR count). The SMILES string of the molecule is C=CCC(O)CCCC(C=C)CCC(CC)CNCCCNCC(CCC)N=C. The van der Waals surface area contributed by atoms with E-state index in [4.69, 9.17) is 0 Å². The van der Waals surface area contributed by atoms with E-state index in [2.05, 4.69) is 55.4 Å². The Hall–Kier alpha value is -0.970. The molecule has 0 aromatic heterocycles. The first-order valence-electron chi connectivity index (χ1n) is 11.9. The van der Waals surface area contributed by atoms with Gasteiger partial charge in [-0.25, -0.2) is 0 Å². The highest BCUT2D eigenvalue weighted by Gasteiger charge is 2.11. The molecular weight excluding hydrogens is 358 g/mol. The van der Waals surface area contributed by atoms with Crippen molar-refractivity contribution < 1.29 is 5.11 Å². The highest BCUT2D eigenvalue weighted by atomic mass is 16.3. The molecule has 0 aromatic carbocycles. The summed E-state index contributed by atoms with van der Waals surface area (Å²) in [6, 6.07) is 0.362. The molecule has 0 saturated heterocycles. The van der Waals surface area contributed by atoms with Gasteiger partial charge in [0.05, 0.1) is 12.1 Å². The predicted molar refractivity (Wildman–Crippen MR) is 130 cm³/mol. The molecule has 4 nitrogen and oxygen atoms in total. The molecule has 0 aliphatic carbocycles. The molecule has 170 valence electrons. The number of rotatable bonds is 22.